The Labute approximate surface area is 609 Å². The van der Waals surface area contributed by atoms with Crippen LogP contribution in [-0.4, -0.2) is 15.8 Å². The second-order valence-corrected chi connectivity index (χ2v) is 28.5. The number of benzene rings is 15. The molecule has 0 saturated carbocycles. The molecule has 15 aromatic carbocycles. The lowest BCUT2D eigenvalue weighted by atomic mass is 9.33. The van der Waals surface area contributed by atoms with E-state index >= 15 is 0 Å². The molecule has 0 amide bonds. The van der Waals surface area contributed by atoms with E-state index in [0.717, 1.165) is 134 Å². The summed E-state index contributed by atoms with van der Waals surface area (Å²) in [6.07, 6.45) is 0. The van der Waals surface area contributed by atoms with Gasteiger partial charge in [0.15, 0.2) is 0 Å². The molecule has 0 atom stereocenters. The molecule has 0 fully saturated rings. The number of anilines is 6. The predicted molar refractivity (Wildman–Crippen MR) is 420 cm³/mol. The van der Waals surface area contributed by atoms with Crippen LogP contribution in [0.5, 0.6) is 0 Å². The van der Waals surface area contributed by atoms with Gasteiger partial charge in [0, 0.05) is 66.8 Å². The van der Waals surface area contributed by atoms with Crippen molar-refractivity contribution in [3.8, 4) is 55.9 Å². The van der Waals surface area contributed by atoms with Gasteiger partial charge in [-0.2, -0.15) is 0 Å². The topological polar surface area (TPSA) is 16.3 Å². The van der Waals surface area contributed by atoms with Crippen molar-refractivity contribution in [1.82, 2.24) is 9.13 Å². The Bertz CT molecular complexity index is 6870. The van der Waals surface area contributed by atoms with E-state index in [1.165, 1.54) is 0 Å². The van der Waals surface area contributed by atoms with E-state index in [4.69, 9.17) is 5.48 Å². The van der Waals surface area contributed by atoms with E-state index in [-0.39, 0.29) is 43.6 Å². The second kappa shape index (κ2) is 19.7. The lowest BCUT2D eigenvalue weighted by molar-refractivity contribution is 0.590. The molecule has 0 radical (unpaired) electrons. The molecule has 470 valence electrons. The molecule has 101 heavy (non-hydrogen) atoms. The van der Waals surface area contributed by atoms with E-state index in [9.17, 15) is 16.4 Å². The van der Waals surface area contributed by atoms with Crippen LogP contribution in [0.15, 0.2) is 327 Å². The third kappa shape index (κ3) is 6.87. The third-order valence-corrected chi connectivity index (χ3v) is 23.0. The lowest BCUT2D eigenvalue weighted by Gasteiger charge is -2.47. The number of rotatable bonds is 4. The fourth-order valence-corrected chi connectivity index (χ4v) is 19.2. The van der Waals surface area contributed by atoms with Gasteiger partial charge < -0.3 is 18.9 Å². The van der Waals surface area contributed by atoms with Crippen molar-refractivity contribution in [3.05, 3.63) is 377 Å². The van der Waals surface area contributed by atoms with E-state index in [1.54, 1.807) is 9.13 Å². The molecular formula is C96H63BN4. The van der Waals surface area contributed by atoms with E-state index in [2.05, 4.69) is 225 Å². The molecule has 0 bridgehead atoms. The van der Waals surface area contributed by atoms with Crippen molar-refractivity contribution in [2.75, 3.05) is 9.80 Å². The minimum Gasteiger partial charge on any atom is -0.311 e. The summed E-state index contributed by atoms with van der Waals surface area (Å²) in [5.74, 6) is 0. The van der Waals surface area contributed by atoms with Crippen molar-refractivity contribution >= 4 is 101 Å². The van der Waals surface area contributed by atoms with Crippen LogP contribution < -0.4 is 26.2 Å². The van der Waals surface area contributed by atoms with Crippen molar-refractivity contribution in [1.29, 1.82) is 0 Å². The molecule has 2 spiro atoms. The molecule has 0 N–H and O–H groups in total. The molecule has 5 heteroatoms. The second-order valence-electron chi connectivity index (χ2n) is 28.5. The zero-order chi connectivity index (χ0) is 80.3. The smallest absolute Gasteiger partial charge is 0.252 e. The Hall–Kier alpha value is -12.4. The fourth-order valence-electron chi connectivity index (χ4n) is 19.2. The van der Waals surface area contributed by atoms with Crippen LogP contribution in [0.25, 0.3) is 99.5 Å². The zero-order valence-corrected chi connectivity index (χ0v) is 54.8. The maximum atomic E-state index is 9.89. The van der Waals surface area contributed by atoms with E-state index < -0.39 is 120 Å². The van der Waals surface area contributed by atoms with Crippen LogP contribution in [-0.2, 0) is 16.2 Å². The first-order chi connectivity index (χ1) is 56.4. The fraction of sp³-hybridized carbons (Fsp3) is 0.0625. The first kappa shape index (κ1) is 42.4. The highest BCUT2D eigenvalue weighted by molar-refractivity contribution is 7.00. The van der Waals surface area contributed by atoms with Crippen LogP contribution >= 0.6 is 0 Å². The Morgan fingerprint density at radius 3 is 0.921 bits per heavy atom. The summed E-state index contributed by atoms with van der Waals surface area (Å²) in [4.78, 5) is 4.76. The normalized spacial score (nSPS) is 16.8. The minimum atomic E-state index is -0.944. The van der Waals surface area contributed by atoms with Crippen LogP contribution in [0.4, 0.5) is 34.1 Å². The predicted octanol–water partition coefficient (Wildman–Crippen LogP) is 21.9. The molecule has 0 unspecified atom stereocenters. The molecule has 4 nitrogen and oxygen atoms in total. The summed E-state index contributed by atoms with van der Waals surface area (Å²) in [7, 11) is 0. The number of aromatic nitrogens is 2. The van der Waals surface area contributed by atoms with Gasteiger partial charge in [0.2, 0.25) is 0 Å². The summed E-state index contributed by atoms with van der Waals surface area (Å²) in [5, 5.41) is -0.241. The SMILES string of the molecule is [2H]c1c([2H])c([2H])c2c(c1[2H])c1c([2H])c([2H])c([2H])c([2H])c1n2-c1ccc2c(c1)N(c1cccc3c1C1(c4ccccc4-c4ccccc41)c1ccccc1-3)c1cc(C(C)(C)C)cc3c1B2c1ccc(-n2c4c([2H])c([2H])c([2H])c([2H])c4c4c([2H])c([2H])c([2H])c([2H])c42)cc1N3c1cccc2c1C1(c3ccccc3-c3ccccc31)c1ccccc1-2. The third-order valence-electron chi connectivity index (χ3n) is 23.0. The highest BCUT2D eigenvalue weighted by atomic mass is 15.2. The van der Waals surface area contributed by atoms with E-state index in [0.29, 0.717) is 22.7 Å². The molecule has 2 aliphatic heterocycles. The average Bonchev–Trinajstić information content (AvgIpc) is 1.47. The van der Waals surface area contributed by atoms with Gasteiger partial charge in [0.25, 0.3) is 6.71 Å². The largest absolute Gasteiger partial charge is 0.311 e. The van der Waals surface area contributed by atoms with Crippen LogP contribution in [0.3, 0.4) is 0 Å². The van der Waals surface area contributed by atoms with Gasteiger partial charge in [0.1, 0.15) is 0 Å². The zero-order valence-electron chi connectivity index (χ0n) is 70.8. The quantitative estimate of drug-likeness (QED) is 0.163. The molecule has 2 aromatic heterocycles. The Morgan fingerprint density at radius 1 is 0.297 bits per heavy atom. The van der Waals surface area contributed by atoms with Gasteiger partial charge in [-0.1, -0.05) is 275 Å². The van der Waals surface area contributed by atoms with Gasteiger partial charge in [-0.05, 0) is 178 Å². The van der Waals surface area contributed by atoms with Crippen LogP contribution in [0.2, 0.25) is 0 Å². The lowest BCUT2D eigenvalue weighted by Crippen LogP contribution is -2.61. The Morgan fingerprint density at radius 2 is 0.594 bits per heavy atom. The summed E-state index contributed by atoms with van der Waals surface area (Å²) < 4.78 is 155. The number of hydrogen-bond acceptors (Lipinski definition) is 2. The molecule has 4 aliphatic carbocycles. The van der Waals surface area contributed by atoms with Crippen LogP contribution in [0, 0.1) is 0 Å². The van der Waals surface area contributed by atoms with Crippen molar-refractivity contribution < 1.29 is 21.9 Å². The molecule has 4 heterocycles. The summed E-state index contributed by atoms with van der Waals surface area (Å²) >= 11 is 0. The number of hydrogen-bond donors (Lipinski definition) is 0. The van der Waals surface area contributed by atoms with Crippen LogP contribution in [0.1, 0.15) is 92.8 Å². The average molecular weight is 1300 g/mol. The summed E-state index contributed by atoms with van der Waals surface area (Å²) in [6.45, 7) is 5.86. The molecular weight excluding hydrogens is 1220 g/mol. The van der Waals surface area contributed by atoms with Crippen molar-refractivity contribution in [3.63, 3.8) is 0 Å². The summed E-state index contributed by atoms with van der Waals surface area (Å²) in [5.41, 5.74) is 22.9. The molecule has 0 saturated heterocycles. The highest BCUT2D eigenvalue weighted by Crippen LogP contribution is 2.68. The van der Waals surface area contributed by atoms with Crippen molar-refractivity contribution in [2.45, 2.75) is 37.0 Å². The first-order valence-corrected chi connectivity index (χ1v) is 34.4. The summed E-state index contributed by atoms with van der Waals surface area (Å²) in [6, 6.07) is 73.5. The Kier molecular flexibility index (Phi) is 8.26. The number of para-hydroxylation sites is 4. The highest BCUT2D eigenvalue weighted by Gasteiger charge is 2.57. The first-order valence-electron chi connectivity index (χ1n) is 42.4. The van der Waals surface area contributed by atoms with E-state index in [1.807, 2.05) is 36.4 Å². The van der Waals surface area contributed by atoms with Gasteiger partial charge in [-0.25, -0.2) is 0 Å². The molecule has 23 rings (SSSR count). The maximum absolute atomic E-state index is 9.89. The minimum absolute atomic E-state index is 0.0361. The standard InChI is InChI=1S/C96H63BN4/c1-94(2,3)58-54-89-93-90(55-58)101(86-49-25-37-72-66-31-9-19-43-78(66)96(92(72)86)75-40-16-6-28-63(75)64-29-7-17-41-76(64)96)88-57-60(99-83-46-22-12-34-69(83)70-35-13-23-47-84(70)99)51-53-80(88)97(93)79-52-50-59(98-81-44-20-10-32-67(81)68-33-11-21-45-82(68)98)56-87(79)100(89)85-48-24-36-71-65-30-8-18-42-77(65)95(91(71)85)73-38-14-4-26-61(73)62-27-5-15-39-74(62)95/h4-57H,1-3H3/i10D,11D,12D,13D,20D,21D,22D,23D,32D,33D,34D,35D,44D,45D,46D,47D. The van der Waals surface area contributed by atoms with Gasteiger partial charge in [0.05, 0.1) is 66.2 Å². The van der Waals surface area contributed by atoms with Gasteiger partial charge >= 0.3 is 0 Å². The number of fused-ring (bicyclic) bond motifs is 30. The number of nitrogens with zero attached hydrogens (tertiary/aromatic N) is 4. The Balaban J connectivity index is 0.908. The molecule has 6 aliphatic rings. The monoisotopic (exact) mass is 1300 g/mol. The van der Waals surface area contributed by atoms with Gasteiger partial charge in [-0.15, -0.1) is 0 Å². The van der Waals surface area contributed by atoms with Gasteiger partial charge in [-0.3, -0.25) is 0 Å². The molecule has 17 aromatic rings. The van der Waals surface area contributed by atoms with Crippen molar-refractivity contribution in [2.24, 2.45) is 0 Å². The maximum Gasteiger partial charge on any atom is 0.252 e.